The fourth-order valence-corrected chi connectivity index (χ4v) is 5.39. The normalized spacial score (nSPS) is 15.0. The van der Waals surface area contributed by atoms with Crippen LogP contribution in [0.2, 0.25) is 0 Å². The molecule has 0 aliphatic carbocycles. The van der Waals surface area contributed by atoms with Gasteiger partial charge >= 0.3 is 59.2 Å². The predicted molar refractivity (Wildman–Crippen MR) is 217 cm³/mol. The average Bonchev–Trinajstić information content (AvgIpc) is 3.23. The van der Waals surface area contributed by atoms with Gasteiger partial charge in [0, 0.05) is 18.2 Å². The molecule has 0 fully saturated rings. The van der Waals surface area contributed by atoms with Crippen LogP contribution in [0.15, 0.2) is 24.3 Å². The van der Waals surface area contributed by atoms with Crippen LogP contribution in [0.1, 0.15) is 82.2 Å². The van der Waals surface area contributed by atoms with Crippen molar-refractivity contribution in [2.75, 3.05) is 33.7 Å². The van der Waals surface area contributed by atoms with E-state index in [1.807, 2.05) is 13.8 Å². The predicted octanol–water partition coefficient (Wildman–Crippen LogP) is -0.200. The first-order chi connectivity index (χ1) is 28.0. The standard InChI is InChI=1S/C20H20O12.C11H14O4.C7H16O3.BI2/c1-2-20(30,6-21)11-5-31-18(28)7-3-9(22)14(24)16(26)12(7)13-8(19(29)32-11)4-10(23)15(25)17(13)27;1-7-4-9(11(12)13)5-10(8(7)2)15-6-14-3;1-3-7(10,4-2)6(9)5-8;1-3-2/h3-4,11,21-27,30H,2,5-6H2,1H3;4-5H,6H2,1-3H3,(H,12,13);6,8-10H,3-5H2,1-2H3;/q;;;-1/t11-,20?;;6-;/m0.0./s1. The van der Waals surface area contributed by atoms with Crippen molar-refractivity contribution in [2.45, 2.75) is 77.3 Å². The van der Waals surface area contributed by atoms with Crippen LogP contribution in [0, 0.1) is 13.8 Å². The third kappa shape index (κ3) is 13.2. The van der Waals surface area contributed by atoms with Crippen molar-refractivity contribution < 1.29 is 112 Å². The van der Waals surface area contributed by atoms with Gasteiger partial charge in [-0.25, -0.2) is 14.4 Å². The molecular formula is C38H50BI2O19-. The summed E-state index contributed by atoms with van der Waals surface area (Å²) >= 11 is 2.24. The Morgan fingerprint density at radius 2 is 1.37 bits per heavy atom. The molecule has 12 N–H and O–H groups in total. The van der Waals surface area contributed by atoms with Gasteiger partial charge in [-0.05, 0) is 68.5 Å². The van der Waals surface area contributed by atoms with Crippen LogP contribution in [-0.2, 0) is 14.2 Å². The summed E-state index contributed by atoms with van der Waals surface area (Å²) in [6.07, 6.45) is -1.83. The van der Waals surface area contributed by atoms with Crippen molar-refractivity contribution in [1.82, 2.24) is 0 Å². The number of rotatable bonds is 11. The molecule has 0 amide bonds. The van der Waals surface area contributed by atoms with Gasteiger partial charge in [0.1, 0.15) is 24.1 Å². The molecule has 2 radical (unpaired) electrons. The molecule has 0 aromatic heterocycles. The number of aromatic hydroxyl groups is 6. The molecule has 1 heterocycles. The van der Waals surface area contributed by atoms with Gasteiger partial charge in [-0.15, -0.1) is 0 Å². The summed E-state index contributed by atoms with van der Waals surface area (Å²) in [7, 11) is 1.52. The molecule has 0 bridgehead atoms. The second kappa shape index (κ2) is 24.4. The van der Waals surface area contributed by atoms with E-state index in [1.165, 1.54) is 20.1 Å². The Balaban J connectivity index is 0.000000529. The number of halogens is 2. The zero-order valence-corrected chi connectivity index (χ0v) is 37.8. The van der Waals surface area contributed by atoms with E-state index in [4.69, 9.17) is 40.0 Å². The Labute approximate surface area is 366 Å². The first-order valence-electron chi connectivity index (χ1n) is 17.7. The van der Waals surface area contributed by atoms with Gasteiger partial charge in [-0.3, -0.25) is 0 Å². The molecule has 60 heavy (non-hydrogen) atoms. The number of carbonyl (C=O) groups excluding carboxylic acids is 2. The van der Waals surface area contributed by atoms with E-state index >= 15 is 0 Å². The number of carboxylic acid groups (broad SMARTS) is 1. The summed E-state index contributed by atoms with van der Waals surface area (Å²) in [5.74, 6) is -9.44. The zero-order chi connectivity index (χ0) is 46.3. The first-order valence-corrected chi connectivity index (χ1v) is 25.3. The maximum absolute atomic E-state index is 12.9. The summed E-state index contributed by atoms with van der Waals surface area (Å²) in [4.78, 5) is 36.5. The number of methoxy groups -OCH3 is 1. The average molecular weight is 1080 g/mol. The summed E-state index contributed by atoms with van der Waals surface area (Å²) in [6.45, 7) is 6.84. The van der Waals surface area contributed by atoms with Crippen molar-refractivity contribution >= 4 is 42.2 Å². The number of aliphatic hydroxyl groups excluding tert-OH is 3. The van der Waals surface area contributed by atoms with E-state index in [0.717, 1.165) is 11.1 Å². The number of carboxylic acids is 1. The van der Waals surface area contributed by atoms with Crippen LogP contribution in [0.5, 0.6) is 40.2 Å². The third-order valence-corrected chi connectivity index (χ3v) is 9.52. The number of ether oxygens (including phenoxy) is 4. The van der Waals surface area contributed by atoms with Gasteiger partial charge < -0.3 is 80.2 Å². The number of cyclic esters (lactones) is 2. The number of hydrogen-bond donors (Lipinski definition) is 12. The van der Waals surface area contributed by atoms with Crippen LogP contribution >= 0.6 is 18.6 Å². The fourth-order valence-electron chi connectivity index (χ4n) is 5.39. The molecule has 22 heteroatoms. The second-order valence-electron chi connectivity index (χ2n) is 13.0. The van der Waals surface area contributed by atoms with Gasteiger partial charge in [0.2, 0.25) is 11.5 Å². The fraction of sp³-hybridized carbons (Fsp3) is 0.447. The number of aryl methyl sites for hydroxylation is 1. The Morgan fingerprint density at radius 3 is 1.75 bits per heavy atom. The SMILES string of the molecule is CCC(O)(CC)[C@@H](O)CO.CCC(O)(CO)[C@@H]1COC(=O)c2cc(O)c(O)c(O)c2-c2c(cc(O)c(O)c2O)C(=O)O1.COCOc1cc(C(=O)O)cc(C)c1C.[B][I-]I. The van der Waals surface area contributed by atoms with E-state index in [9.17, 15) is 60.3 Å². The minimum atomic E-state index is -2.04. The number of carbonyl (C=O) groups is 3. The molecule has 1 aliphatic rings. The topological polar surface area (TPSA) is 331 Å². The van der Waals surface area contributed by atoms with E-state index in [1.54, 1.807) is 19.9 Å². The molecule has 3 aromatic carbocycles. The number of aliphatic hydroxyl groups is 5. The Kier molecular flexibility index (Phi) is 22.0. The molecule has 1 unspecified atom stereocenters. The number of benzene rings is 3. The van der Waals surface area contributed by atoms with Crippen molar-refractivity contribution in [3.05, 3.63) is 52.1 Å². The minimum absolute atomic E-state index is 0.0600. The molecule has 3 aromatic rings. The van der Waals surface area contributed by atoms with E-state index < -0.39 is 111 Å². The van der Waals surface area contributed by atoms with Gasteiger partial charge in [0.25, 0.3) is 0 Å². The molecular weight excluding hydrogens is 1030 g/mol. The number of aromatic carboxylic acids is 1. The van der Waals surface area contributed by atoms with Crippen LogP contribution in [0.3, 0.4) is 0 Å². The van der Waals surface area contributed by atoms with Crippen LogP contribution in [-0.4, -0.2) is 142 Å². The van der Waals surface area contributed by atoms with Crippen molar-refractivity contribution in [2.24, 2.45) is 0 Å². The van der Waals surface area contributed by atoms with Gasteiger partial charge in [0.15, 0.2) is 35.9 Å². The van der Waals surface area contributed by atoms with E-state index in [-0.39, 0.29) is 42.4 Å². The Hall–Kier alpha value is -4.05. The molecule has 334 valence electrons. The summed E-state index contributed by atoms with van der Waals surface area (Å²) < 4.78 is 20.3. The van der Waals surface area contributed by atoms with Crippen LogP contribution < -0.4 is 21.8 Å². The van der Waals surface area contributed by atoms with E-state index in [0.29, 0.717) is 30.7 Å². The van der Waals surface area contributed by atoms with Crippen molar-refractivity contribution in [1.29, 1.82) is 0 Å². The van der Waals surface area contributed by atoms with Crippen molar-refractivity contribution in [3.8, 4) is 51.4 Å². The molecule has 1 aliphatic heterocycles. The maximum atomic E-state index is 12.9. The molecule has 4 rings (SSSR count). The van der Waals surface area contributed by atoms with E-state index in [2.05, 4.69) is 18.6 Å². The second-order valence-corrected chi connectivity index (χ2v) is 16.6. The molecule has 19 nitrogen and oxygen atoms in total. The molecule has 3 atom stereocenters. The summed E-state index contributed by atoms with van der Waals surface area (Å²) in [5, 5.41) is 117. The summed E-state index contributed by atoms with van der Waals surface area (Å²) in [6, 6.07) is 4.47. The molecule has 0 saturated carbocycles. The Bertz CT molecular complexity index is 1940. The van der Waals surface area contributed by atoms with Crippen molar-refractivity contribution in [3.63, 3.8) is 0 Å². The summed E-state index contributed by atoms with van der Waals surface area (Å²) in [5.41, 5.74) is 1.06. The monoisotopic (exact) mass is 1080 g/mol. The Morgan fingerprint density at radius 1 is 0.883 bits per heavy atom. The van der Waals surface area contributed by atoms with Gasteiger partial charge in [0.05, 0.1) is 35.5 Å². The third-order valence-electron chi connectivity index (χ3n) is 9.52. The first kappa shape index (κ1) is 54.0. The van der Waals surface area contributed by atoms with Crippen LogP contribution in [0.4, 0.5) is 0 Å². The number of phenols is 6. The number of phenolic OH excluding ortho intramolecular Hbond substituents is 6. The molecule has 0 saturated heterocycles. The zero-order valence-electron chi connectivity index (χ0n) is 33.5. The van der Waals surface area contributed by atoms with Gasteiger partial charge in [-0.2, -0.15) is 0 Å². The van der Waals surface area contributed by atoms with Gasteiger partial charge in [-0.1, -0.05) is 20.8 Å². The quantitative estimate of drug-likeness (QED) is 0.0389. The number of hydrogen-bond acceptors (Lipinski definition) is 18. The number of esters is 2. The van der Waals surface area contributed by atoms with Crippen LogP contribution in [0.25, 0.3) is 11.1 Å². The molecule has 0 spiro atoms. The number of fused-ring (bicyclic) bond motifs is 3.